The number of carbonyl (C=O) groups excluding carboxylic acids is 1. The molecule has 0 saturated carbocycles. The van der Waals surface area contributed by atoms with E-state index in [0.29, 0.717) is 12.1 Å². The monoisotopic (exact) mass is 327 g/mol. The molecule has 4 nitrogen and oxygen atoms in total. The normalized spacial score (nSPS) is 13.8. The largest absolute Gasteiger partial charge is 0.368 e. The third-order valence-electron chi connectivity index (χ3n) is 4.36. The number of halogens is 1. The molecule has 3 rings (SSSR count). The molecule has 0 aliphatic carbocycles. The Balaban J connectivity index is 1.85. The van der Waals surface area contributed by atoms with Crippen LogP contribution in [0.3, 0.4) is 0 Å². The fourth-order valence-electron chi connectivity index (χ4n) is 3.16. The molecule has 0 unspecified atom stereocenters. The van der Waals surface area contributed by atoms with Crippen LogP contribution in [-0.4, -0.2) is 25.5 Å². The second-order valence-corrected chi connectivity index (χ2v) is 6.10. The van der Waals surface area contributed by atoms with Crippen LogP contribution in [0.5, 0.6) is 0 Å². The minimum absolute atomic E-state index is 0.221. The standard InChI is InChI=1S/C19H22FN3O/c1-2-9-22-10-11-23(18-12-16(20)7-8-17(18)22)13-14-3-5-15(6-4-14)19(21)24/h3-8,12H,2,9-11,13H2,1H3,(H2,21,24). The smallest absolute Gasteiger partial charge is 0.248 e. The fourth-order valence-corrected chi connectivity index (χ4v) is 3.16. The van der Waals surface area contributed by atoms with Gasteiger partial charge in [0.05, 0.1) is 11.4 Å². The van der Waals surface area contributed by atoms with E-state index < -0.39 is 5.91 Å². The van der Waals surface area contributed by atoms with Gasteiger partial charge in [0.1, 0.15) is 5.82 Å². The molecule has 0 fully saturated rings. The highest BCUT2D eigenvalue weighted by molar-refractivity contribution is 5.92. The molecule has 0 saturated heterocycles. The Morgan fingerprint density at radius 2 is 1.79 bits per heavy atom. The predicted molar refractivity (Wildman–Crippen MR) is 94.9 cm³/mol. The quantitative estimate of drug-likeness (QED) is 0.918. The van der Waals surface area contributed by atoms with Gasteiger partial charge in [-0.25, -0.2) is 4.39 Å². The number of primary amides is 1. The lowest BCUT2D eigenvalue weighted by Crippen LogP contribution is -2.41. The van der Waals surface area contributed by atoms with E-state index >= 15 is 0 Å². The van der Waals surface area contributed by atoms with Crippen LogP contribution in [0.1, 0.15) is 29.3 Å². The SMILES string of the molecule is CCCN1CCN(Cc2ccc(C(N)=O)cc2)c2cc(F)ccc21. The Kier molecular flexibility index (Phi) is 4.69. The third kappa shape index (κ3) is 3.35. The van der Waals surface area contributed by atoms with Gasteiger partial charge in [-0.15, -0.1) is 0 Å². The molecule has 126 valence electrons. The van der Waals surface area contributed by atoms with Gasteiger partial charge in [-0.05, 0) is 42.3 Å². The van der Waals surface area contributed by atoms with E-state index in [0.717, 1.165) is 43.0 Å². The number of nitrogens with zero attached hydrogens (tertiary/aromatic N) is 2. The van der Waals surface area contributed by atoms with Gasteiger partial charge in [0.2, 0.25) is 5.91 Å². The van der Waals surface area contributed by atoms with Crippen molar-refractivity contribution in [2.45, 2.75) is 19.9 Å². The Hall–Kier alpha value is -2.56. The Morgan fingerprint density at radius 1 is 1.08 bits per heavy atom. The first-order valence-corrected chi connectivity index (χ1v) is 8.26. The maximum absolute atomic E-state index is 13.8. The van der Waals surface area contributed by atoms with E-state index in [1.807, 2.05) is 18.2 Å². The number of amides is 1. The van der Waals surface area contributed by atoms with E-state index in [1.54, 1.807) is 18.2 Å². The number of benzene rings is 2. The second-order valence-electron chi connectivity index (χ2n) is 6.10. The molecular weight excluding hydrogens is 305 g/mol. The fraction of sp³-hybridized carbons (Fsp3) is 0.316. The van der Waals surface area contributed by atoms with Crippen LogP contribution < -0.4 is 15.5 Å². The van der Waals surface area contributed by atoms with Crippen molar-refractivity contribution in [2.24, 2.45) is 5.73 Å². The molecule has 2 aromatic rings. The molecule has 24 heavy (non-hydrogen) atoms. The summed E-state index contributed by atoms with van der Waals surface area (Å²) in [7, 11) is 0. The lowest BCUT2D eigenvalue weighted by molar-refractivity contribution is 0.100. The number of hydrogen-bond acceptors (Lipinski definition) is 3. The van der Waals surface area contributed by atoms with Gasteiger partial charge in [0.25, 0.3) is 0 Å². The summed E-state index contributed by atoms with van der Waals surface area (Å²) in [6.45, 7) is 5.56. The highest BCUT2D eigenvalue weighted by Gasteiger charge is 2.22. The maximum atomic E-state index is 13.8. The molecule has 1 amide bonds. The molecular formula is C19H22FN3O. The minimum Gasteiger partial charge on any atom is -0.368 e. The predicted octanol–water partition coefficient (Wildman–Crippen LogP) is 3.16. The summed E-state index contributed by atoms with van der Waals surface area (Å²) >= 11 is 0. The first-order chi connectivity index (χ1) is 11.6. The first-order valence-electron chi connectivity index (χ1n) is 8.26. The highest BCUT2D eigenvalue weighted by atomic mass is 19.1. The van der Waals surface area contributed by atoms with Crippen molar-refractivity contribution in [2.75, 3.05) is 29.4 Å². The van der Waals surface area contributed by atoms with Gasteiger partial charge in [0, 0.05) is 31.7 Å². The van der Waals surface area contributed by atoms with Crippen molar-refractivity contribution in [3.8, 4) is 0 Å². The molecule has 5 heteroatoms. The van der Waals surface area contributed by atoms with E-state index in [4.69, 9.17) is 5.73 Å². The van der Waals surface area contributed by atoms with Crippen molar-refractivity contribution in [3.63, 3.8) is 0 Å². The number of rotatable bonds is 5. The number of nitrogens with two attached hydrogens (primary N) is 1. The molecule has 0 bridgehead atoms. The molecule has 1 aliphatic heterocycles. The van der Waals surface area contributed by atoms with E-state index in [2.05, 4.69) is 16.7 Å². The zero-order chi connectivity index (χ0) is 17.1. The summed E-state index contributed by atoms with van der Waals surface area (Å²) < 4.78 is 13.8. The van der Waals surface area contributed by atoms with Crippen LogP contribution in [0.15, 0.2) is 42.5 Å². The number of carbonyl (C=O) groups is 1. The van der Waals surface area contributed by atoms with E-state index in [-0.39, 0.29) is 5.82 Å². The second kappa shape index (κ2) is 6.91. The van der Waals surface area contributed by atoms with Gasteiger partial charge in [-0.3, -0.25) is 4.79 Å². The van der Waals surface area contributed by atoms with Crippen LogP contribution >= 0.6 is 0 Å². The van der Waals surface area contributed by atoms with E-state index in [1.165, 1.54) is 6.07 Å². The maximum Gasteiger partial charge on any atom is 0.248 e. The Bertz CT molecular complexity index is 730. The van der Waals surface area contributed by atoms with Crippen LogP contribution in [-0.2, 0) is 6.54 Å². The summed E-state index contributed by atoms with van der Waals surface area (Å²) in [4.78, 5) is 15.7. The summed E-state index contributed by atoms with van der Waals surface area (Å²) in [5.41, 5.74) is 8.85. The first kappa shape index (κ1) is 16.3. The Labute approximate surface area is 141 Å². The molecule has 1 heterocycles. The van der Waals surface area contributed by atoms with Crippen LogP contribution in [0.25, 0.3) is 0 Å². The molecule has 1 aliphatic rings. The van der Waals surface area contributed by atoms with Crippen molar-refractivity contribution < 1.29 is 9.18 Å². The lowest BCUT2D eigenvalue weighted by atomic mass is 10.1. The summed E-state index contributed by atoms with van der Waals surface area (Å²) in [6.07, 6.45) is 1.06. The van der Waals surface area contributed by atoms with Crippen molar-refractivity contribution in [3.05, 3.63) is 59.4 Å². The van der Waals surface area contributed by atoms with Gasteiger partial charge < -0.3 is 15.5 Å². The van der Waals surface area contributed by atoms with Gasteiger partial charge in [-0.1, -0.05) is 19.1 Å². The zero-order valence-electron chi connectivity index (χ0n) is 13.8. The number of hydrogen-bond donors (Lipinski definition) is 1. The Morgan fingerprint density at radius 3 is 2.46 bits per heavy atom. The molecule has 2 aromatic carbocycles. The van der Waals surface area contributed by atoms with Crippen LogP contribution in [0.2, 0.25) is 0 Å². The average Bonchev–Trinajstić information content (AvgIpc) is 2.57. The molecule has 0 aromatic heterocycles. The highest BCUT2D eigenvalue weighted by Crippen LogP contribution is 2.34. The van der Waals surface area contributed by atoms with Gasteiger partial charge in [-0.2, -0.15) is 0 Å². The zero-order valence-corrected chi connectivity index (χ0v) is 13.8. The van der Waals surface area contributed by atoms with Gasteiger partial charge in [0.15, 0.2) is 0 Å². The molecule has 0 radical (unpaired) electrons. The van der Waals surface area contributed by atoms with Crippen LogP contribution in [0, 0.1) is 5.82 Å². The molecule has 2 N–H and O–H groups in total. The number of anilines is 2. The van der Waals surface area contributed by atoms with Crippen molar-refractivity contribution in [1.82, 2.24) is 0 Å². The van der Waals surface area contributed by atoms with Crippen molar-refractivity contribution in [1.29, 1.82) is 0 Å². The molecule has 0 spiro atoms. The summed E-state index contributed by atoms with van der Waals surface area (Å²) in [5.74, 6) is -0.650. The molecule has 0 atom stereocenters. The average molecular weight is 327 g/mol. The lowest BCUT2D eigenvalue weighted by Gasteiger charge is -2.39. The van der Waals surface area contributed by atoms with E-state index in [9.17, 15) is 9.18 Å². The third-order valence-corrected chi connectivity index (χ3v) is 4.36. The topological polar surface area (TPSA) is 49.6 Å². The summed E-state index contributed by atoms with van der Waals surface area (Å²) in [5, 5.41) is 0. The summed E-state index contributed by atoms with van der Waals surface area (Å²) in [6, 6.07) is 12.3. The van der Waals surface area contributed by atoms with Crippen molar-refractivity contribution >= 4 is 17.3 Å². The van der Waals surface area contributed by atoms with Gasteiger partial charge >= 0.3 is 0 Å². The minimum atomic E-state index is -0.429. The van der Waals surface area contributed by atoms with Crippen LogP contribution in [0.4, 0.5) is 15.8 Å². The number of fused-ring (bicyclic) bond motifs is 1.